The maximum atomic E-state index is 11.6. The molecule has 0 saturated heterocycles. The standard InChI is InChI=1S/C18H12N2O3/c1-22-17(21)10-16-14-9-12(11-19)7-8-15(14)20-18(23-16)13-5-3-2-4-6-13/h2-10H,1H3/b16-10-. The first kappa shape index (κ1) is 14.5. The molecule has 0 atom stereocenters. The molecule has 23 heavy (non-hydrogen) atoms. The summed E-state index contributed by atoms with van der Waals surface area (Å²) in [5, 5.41) is 9.05. The molecule has 1 aliphatic rings. The van der Waals surface area contributed by atoms with E-state index in [4.69, 9.17) is 10.00 Å². The Morgan fingerprint density at radius 1 is 1.26 bits per heavy atom. The van der Waals surface area contributed by atoms with Gasteiger partial charge in [-0.05, 0) is 30.3 Å². The lowest BCUT2D eigenvalue weighted by atomic mass is 10.1. The fraction of sp³-hybridized carbons (Fsp3) is 0.0556. The summed E-state index contributed by atoms with van der Waals surface area (Å²) in [7, 11) is 1.29. The second-order valence-electron chi connectivity index (χ2n) is 4.76. The summed E-state index contributed by atoms with van der Waals surface area (Å²) in [6.45, 7) is 0. The van der Waals surface area contributed by atoms with Crippen LogP contribution in [0.25, 0.3) is 5.76 Å². The highest BCUT2D eigenvalue weighted by Gasteiger charge is 2.21. The molecule has 2 aromatic carbocycles. The molecule has 0 aliphatic carbocycles. The Kier molecular flexibility index (Phi) is 3.89. The molecule has 3 rings (SSSR count). The molecule has 2 aromatic rings. The highest BCUT2D eigenvalue weighted by molar-refractivity contribution is 6.04. The summed E-state index contributed by atoms with van der Waals surface area (Å²) in [4.78, 5) is 16.1. The predicted molar refractivity (Wildman–Crippen MR) is 84.9 cm³/mol. The predicted octanol–water partition coefficient (Wildman–Crippen LogP) is 3.18. The number of esters is 1. The second kappa shape index (κ2) is 6.16. The summed E-state index contributed by atoms with van der Waals surface area (Å²) in [6.07, 6.45) is 1.25. The van der Waals surface area contributed by atoms with Gasteiger partial charge in [0, 0.05) is 11.1 Å². The number of rotatable bonds is 2. The summed E-state index contributed by atoms with van der Waals surface area (Å²) >= 11 is 0. The number of hydrogen-bond acceptors (Lipinski definition) is 5. The van der Waals surface area contributed by atoms with Gasteiger partial charge in [0.05, 0.1) is 30.5 Å². The zero-order chi connectivity index (χ0) is 16.2. The molecule has 0 aromatic heterocycles. The van der Waals surface area contributed by atoms with Crippen molar-refractivity contribution in [3.63, 3.8) is 0 Å². The quantitative estimate of drug-likeness (QED) is 0.631. The highest BCUT2D eigenvalue weighted by atomic mass is 16.5. The van der Waals surface area contributed by atoms with Gasteiger partial charge in [-0.3, -0.25) is 0 Å². The molecular formula is C18H12N2O3. The average Bonchev–Trinajstić information content (AvgIpc) is 2.61. The zero-order valence-electron chi connectivity index (χ0n) is 12.3. The first-order chi connectivity index (χ1) is 11.2. The van der Waals surface area contributed by atoms with Gasteiger partial charge in [-0.15, -0.1) is 0 Å². The molecule has 1 aliphatic heterocycles. The van der Waals surface area contributed by atoms with Crippen molar-refractivity contribution in [1.82, 2.24) is 0 Å². The minimum atomic E-state index is -0.539. The minimum Gasteiger partial charge on any atom is -0.466 e. The second-order valence-corrected chi connectivity index (χ2v) is 4.76. The van der Waals surface area contributed by atoms with E-state index in [1.54, 1.807) is 18.2 Å². The van der Waals surface area contributed by atoms with Crippen LogP contribution >= 0.6 is 0 Å². The van der Waals surface area contributed by atoms with E-state index in [9.17, 15) is 4.79 Å². The Morgan fingerprint density at radius 2 is 2.04 bits per heavy atom. The number of fused-ring (bicyclic) bond motifs is 1. The van der Waals surface area contributed by atoms with Crippen molar-refractivity contribution in [2.45, 2.75) is 0 Å². The van der Waals surface area contributed by atoms with Crippen molar-refractivity contribution in [3.05, 3.63) is 71.3 Å². The lowest BCUT2D eigenvalue weighted by Gasteiger charge is -2.19. The third-order valence-corrected chi connectivity index (χ3v) is 3.29. The van der Waals surface area contributed by atoms with Crippen molar-refractivity contribution in [3.8, 4) is 6.07 Å². The van der Waals surface area contributed by atoms with Gasteiger partial charge in [0.25, 0.3) is 0 Å². The van der Waals surface area contributed by atoms with Gasteiger partial charge in [0.1, 0.15) is 5.76 Å². The van der Waals surface area contributed by atoms with Crippen LogP contribution in [0.1, 0.15) is 16.7 Å². The smallest absolute Gasteiger partial charge is 0.334 e. The molecule has 1 heterocycles. The van der Waals surface area contributed by atoms with Gasteiger partial charge in [0.15, 0.2) is 0 Å². The summed E-state index contributed by atoms with van der Waals surface area (Å²) in [5.41, 5.74) is 2.46. The third-order valence-electron chi connectivity index (χ3n) is 3.29. The van der Waals surface area contributed by atoms with Crippen LogP contribution < -0.4 is 0 Å². The van der Waals surface area contributed by atoms with E-state index in [0.29, 0.717) is 28.5 Å². The lowest BCUT2D eigenvalue weighted by molar-refractivity contribution is -0.134. The van der Waals surface area contributed by atoms with Crippen LogP contribution in [-0.4, -0.2) is 19.0 Å². The van der Waals surface area contributed by atoms with Crippen LogP contribution in [0.3, 0.4) is 0 Å². The molecule has 0 unspecified atom stereocenters. The topological polar surface area (TPSA) is 71.7 Å². The molecule has 0 spiro atoms. The van der Waals surface area contributed by atoms with Gasteiger partial charge in [0.2, 0.25) is 5.90 Å². The van der Waals surface area contributed by atoms with Crippen LogP contribution in [0.2, 0.25) is 0 Å². The Bertz CT molecular complexity index is 862. The number of carbonyl (C=O) groups excluding carboxylic acids is 1. The number of aliphatic imine (C=N–C) groups is 1. The zero-order valence-corrected chi connectivity index (χ0v) is 12.3. The van der Waals surface area contributed by atoms with Crippen LogP contribution in [0.15, 0.2) is 59.6 Å². The van der Waals surface area contributed by atoms with E-state index in [1.165, 1.54) is 13.2 Å². The molecule has 0 saturated carbocycles. The highest BCUT2D eigenvalue weighted by Crippen LogP contribution is 2.34. The normalized spacial score (nSPS) is 14.3. The maximum Gasteiger partial charge on any atom is 0.334 e. The monoisotopic (exact) mass is 304 g/mol. The van der Waals surface area contributed by atoms with E-state index < -0.39 is 5.97 Å². The summed E-state index contributed by atoms with van der Waals surface area (Å²) in [6, 6.07) is 16.5. The molecule has 0 N–H and O–H groups in total. The molecule has 5 nitrogen and oxygen atoms in total. The van der Waals surface area contributed by atoms with Gasteiger partial charge in [-0.1, -0.05) is 18.2 Å². The van der Waals surface area contributed by atoms with Gasteiger partial charge in [-0.2, -0.15) is 5.26 Å². The van der Waals surface area contributed by atoms with Crippen molar-refractivity contribution >= 4 is 23.3 Å². The van der Waals surface area contributed by atoms with E-state index in [-0.39, 0.29) is 0 Å². The Balaban J connectivity index is 2.14. The fourth-order valence-electron chi connectivity index (χ4n) is 2.17. The van der Waals surface area contributed by atoms with Crippen molar-refractivity contribution < 1.29 is 14.3 Å². The molecule has 0 amide bonds. The number of benzene rings is 2. The van der Waals surface area contributed by atoms with Crippen molar-refractivity contribution in [2.75, 3.05) is 7.11 Å². The first-order valence-corrected chi connectivity index (χ1v) is 6.87. The average molecular weight is 304 g/mol. The van der Waals surface area contributed by atoms with Crippen LogP contribution in [0.5, 0.6) is 0 Å². The van der Waals surface area contributed by atoms with Crippen LogP contribution in [0, 0.1) is 11.3 Å². The van der Waals surface area contributed by atoms with E-state index >= 15 is 0 Å². The van der Waals surface area contributed by atoms with Crippen LogP contribution in [-0.2, 0) is 14.3 Å². The Hall–Kier alpha value is -3.39. The number of hydrogen-bond donors (Lipinski definition) is 0. The van der Waals surface area contributed by atoms with E-state index in [1.807, 2.05) is 30.3 Å². The molecule has 0 radical (unpaired) electrons. The van der Waals surface area contributed by atoms with Gasteiger partial charge < -0.3 is 9.47 Å². The minimum absolute atomic E-state index is 0.304. The molecule has 0 fully saturated rings. The molecule has 5 heteroatoms. The third kappa shape index (κ3) is 2.97. The number of carbonyl (C=O) groups is 1. The van der Waals surface area contributed by atoms with E-state index in [0.717, 1.165) is 5.56 Å². The number of nitrogens with zero attached hydrogens (tertiary/aromatic N) is 2. The number of nitriles is 1. The molecular weight excluding hydrogens is 292 g/mol. The van der Waals surface area contributed by atoms with Crippen molar-refractivity contribution in [2.24, 2.45) is 4.99 Å². The van der Waals surface area contributed by atoms with Gasteiger partial charge in [-0.25, -0.2) is 9.79 Å². The Labute approximate surface area is 133 Å². The number of methoxy groups -OCH3 is 1. The van der Waals surface area contributed by atoms with Crippen molar-refractivity contribution in [1.29, 1.82) is 5.26 Å². The fourth-order valence-corrected chi connectivity index (χ4v) is 2.17. The summed E-state index contributed by atoms with van der Waals surface area (Å²) in [5.74, 6) is 0.151. The van der Waals surface area contributed by atoms with E-state index in [2.05, 4.69) is 15.8 Å². The first-order valence-electron chi connectivity index (χ1n) is 6.87. The molecule has 112 valence electrons. The summed E-state index contributed by atoms with van der Waals surface area (Å²) < 4.78 is 10.4. The van der Waals surface area contributed by atoms with Gasteiger partial charge >= 0.3 is 5.97 Å². The molecule has 0 bridgehead atoms. The van der Waals surface area contributed by atoms with Crippen LogP contribution in [0.4, 0.5) is 5.69 Å². The largest absolute Gasteiger partial charge is 0.466 e. The number of ether oxygens (including phenoxy) is 2. The lowest BCUT2D eigenvalue weighted by Crippen LogP contribution is -2.12. The Morgan fingerprint density at radius 3 is 2.74 bits per heavy atom. The maximum absolute atomic E-state index is 11.6. The SMILES string of the molecule is COC(=O)/C=C1\OC(c2ccccc2)=Nc2ccc(C#N)cc21.